The van der Waals surface area contributed by atoms with Crippen LogP contribution in [0.4, 0.5) is 4.79 Å². The fraction of sp³-hybridized carbons (Fsp3) is 0.625. The van der Waals surface area contributed by atoms with E-state index in [9.17, 15) is 4.79 Å². The van der Waals surface area contributed by atoms with Gasteiger partial charge in [-0.15, -0.1) is 0 Å². The first-order valence-corrected chi connectivity index (χ1v) is 8.58. The molecule has 0 unspecified atom stereocenters. The number of nitrogens with one attached hydrogen (secondary N) is 1. The quantitative estimate of drug-likeness (QED) is 0.874. The highest BCUT2D eigenvalue weighted by Gasteiger charge is 2.27. The van der Waals surface area contributed by atoms with E-state index < -0.39 is 0 Å². The standard InChI is InChI=1S/C16H24N6O3/c1-4-14-18-15(25-20-14)12(3)21-5-7-22(8-6-21)16(23)17-10-13-9-11(2)19-24-13/h9,12H,4-8,10H2,1-3H3,(H,17,23)/t12-/m1/s1. The van der Waals surface area contributed by atoms with Gasteiger partial charge in [0.05, 0.1) is 18.3 Å². The molecule has 2 aromatic heterocycles. The summed E-state index contributed by atoms with van der Waals surface area (Å²) in [6.07, 6.45) is 0.759. The molecule has 3 rings (SSSR count). The summed E-state index contributed by atoms with van der Waals surface area (Å²) >= 11 is 0. The smallest absolute Gasteiger partial charge is 0.317 e. The second-order valence-electron chi connectivity index (χ2n) is 6.19. The molecule has 1 fully saturated rings. The molecule has 3 heterocycles. The Hall–Kier alpha value is -2.42. The number of piperazine rings is 1. The third-order valence-electron chi connectivity index (χ3n) is 4.40. The fourth-order valence-corrected chi connectivity index (χ4v) is 2.82. The summed E-state index contributed by atoms with van der Waals surface area (Å²) in [5, 5.41) is 10.6. The maximum atomic E-state index is 12.3. The van der Waals surface area contributed by atoms with Gasteiger partial charge < -0.3 is 19.3 Å². The van der Waals surface area contributed by atoms with Gasteiger partial charge in [-0.2, -0.15) is 4.98 Å². The van der Waals surface area contributed by atoms with Gasteiger partial charge in [0, 0.05) is 38.7 Å². The number of carbonyl (C=O) groups is 1. The van der Waals surface area contributed by atoms with Crippen LogP contribution in [0.1, 0.15) is 43.1 Å². The van der Waals surface area contributed by atoms with Crippen LogP contribution in [0.15, 0.2) is 15.1 Å². The Bertz CT molecular complexity index is 704. The Morgan fingerprint density at radius 3 is 2.64 bits per heavy atom. The molecule has 1 N–H and O–H groups in total. The predicted molar refractivity (Wildman–Crippen MR) is 88.7 cm³/mol. The average molecular weight is 348 g/mol. The summed E-state index contributed by atoms with van der Waals surface area (Å²) in [5.74, 6) is 2.01. The largest absolute Gasteiger partial charge is 0.359 e. The van der Waals surface area contributed by atoms with E-state index in [0.717, 1.165) is 31.0 Å². The number of nitrogens with zero attached hydrogens (tertiary/aromatic N) is 5. The van der Waals surface area contributed by atoms with Gasteiger partial charge in [0.1, 0.15) is 0 Å². The van der Waals surface area contributed by atoms with Crippen molar-refractivity contribution >= 4 is 6.03 Å². The molecule has 2 amide bonds. The van der Waals surface area contributed by atoms with Crippen LogP contribution in [0, 0.1) is 6.92 Å². The zero-order valence-electron chi connectivity index (χ0n) is 14.9. The summed E-state index contributed by atoms with van der Waals surface area (Å²) < 4.78 is 10.4. The summed E-state index contributed by atoms with van der Waals surface area (Å²) in [6, 6.07) is 1.78. The Labute approximate surface area is 146 Å². The molecule has 9 heteroatoms. The second kappa shape index (κ2) is 7.64. The maximum Gasteiger partial charge on any atom is 0.317 e. The first kappa shape index (κ1) is 17.4. The first-order chi connectivity index (χ1) is 12.1. The van der Waals surface area contributed by atoms with Gasteiger partial charge in [-0.25, -0.2) is 4.79 Å². The lowest BCUT2D eigenvalue weighted by atomic mass is 10.2. The van der Waals surface area contributed by atoms with Gasteiger partial charge in [0.25, 0.3) is 0 Å². The van der Waals surface area contributed by atoms with Crippen LogP contribution in [-0.2, 0) is 13.0 Å². The molecule has 1 atom stereocenters. The number of hydrogen-bond donors (Lipinski definition) is 1. The number of rotatable bonds is 5. The third kappa shape index (κ3) is 4.16. The molecule has 0 saturated carbocycles. The second-order valence-corrected chi connectivity index (χ2v) is 6.19. The minimum absolute atomic E-state index is 0.0511. The lowest BCUT2D eigenvalue weighted by Crippen LogP contribution is -2.52. The minimum Gasteiger partial charge on any atom is -0.359 e. The first-order valence-electron chi connectivity index (χ1n) is 8.58. The van der Waals surface area contributed by atoms with E-state index in [-0.39, 0.29) is 12.1 Å². The third-order valence-corrected chi connectivity index (χ3v) is 4.40. The number of urea groups is 1. The number of aromatic nitrogens is 3. The molecular formula is C16H24N6O3. The van der Waals surface area contributed by atoms with E-state index in [4.69, 9.17) is 9.05 Å². The minimum atomic E-state index is -0.0904. The van der Waals surface area contributed by atoms with Gasteiger partial charge in [0.15, 0.2) is 11.6 Å². The van der Waals surface area contributed by atoms with Crippen molar-refractivity contribution in [2.45, 2.75) is 39.8 Å². The predicted octanol–water partition coefficient (Wildman–Crippen LogP) is 1.52. The lowest BCUT2D eigenvalue weighted by molar-refractivity contribution is 0.0997. The Morgan fingerprint density at radius 2 is 2.04 bits per heavy atom. The van der Waals surface area contributed by atoms with Crippen molar-refractivity contribution < 1.29 is 13.8 Å². The molecule has 2 aromatic rings. The highest BCUT2D eigenvalue weighted by Crippen LogP contribution is 2.20. The molecule has 0 aromatic carbocycles. The molecule has 0 radical (unpaired) electrons. The maximum absolute atomic E-state index is 12.3. The highest BCUT2D eigenvalue weighted by molar-refractivity contribution is 5.74. The monoisotopic (exact) mass is 348 g/mol. The molecule has 25 heavy (non-hydrogen) atoms. The van der Waals surface area contributed by atoms with E-state index in [1.54, 1.807) is 4.90 Å². The highest BCUT2D eigenvalue weighted by atomic mass is 16.5. The van der Waals surface area contributed by atoms with Crippen molar-refractivity contribution in [3.05, 3.63) is 29.2 Å². The number of aryl methyl sites for hydroxylation is 2. The van der Waals surface area contributed by atoms with Gasteiger partial charge in [0.2, 0.25) is 5.89 Å². The zero-order valence-corrected chi connectivity index (χ0v) is 14.9. The van der Waals surface area contributed by atoms with E-state index in [1.165, 1.54) is 0 Å². The number of carbonyl (C=O) groups excluding carboxylic acids is 1. The molecule has 1 saturated heterocycles. The summed E-state index contributed by atoms with van der Waals surface area (Å²) in [4.78, 5) is 20.7. The van der Waals surface area contributed by atoms with E-state index in [0.29, 0.717) is 31.3 Å². The molecule has 1 aliphatic heterocycles. The molecule has 0 spiro atoms. The van der Waals surface area contributed by atoms with Crippen LogP contribution >= 0.6 is 0 Å². The van der Waals surface area contributed by atoms with Crippen LogP contribution in [0.25, 0.3) is 0 Å². The van der Waals surface area contributed by atoms with Crippen molar-refractivity contribution in [2.75, 3.05) is 26.2 Å². The molecule has 0 aliphatic carbocycles. The van der Waals surface area contributed by atoms with Gasteiger partial charge in [-0.1, -0.05) is 17.2 Å². The average Bonchev–Trinajstić information content (AvgIpc) is 3.28. The van der Waals surface area contributed by atoms with Gasteiger partial charge in [-0.3, -0.25) is 4.90 Å². The normalized spacial score (nSPS) is 16.8. The fourth-order valence-electron chi connectivity index (χ4n) is 2.82. The van der Waals surface area contributed by atoms with E-state index >= 15 is 0 Å². The van der Waals surface area contributed by atoms with Gasteiger partial charge in [-0.05, 0) is 13.8 Å². The number of amides is 2. The van der Waals surface area contributed by atoms with E-state index in [2.05, 4.69) is 32.4 Å². The van der Waals surface area contributed by atoms with Crippen molar-refractivity contribution in [3.8, 4) is 0 Å². The lowest BCUT2D eigenvalue weighted by Gasteiger charge is -2.36. The number of hydrogen-bond acceptors (Lipinski definition) is 7. The van der Waals surface area contributed by atoms with Crippen molar-refractivity contribution in [1.82, 2.24) is 30.4 Å². The van der Waals surface area contributed by atoms with Crippen LogP contribution in [-0.4, -0.2) is 57.3 Å². The van der Waals surface area contributed by atoms with Crippen LogP contribution < -0.4 is 5.32 Å². The Kier molecular flexibility index (Phi) is 5.32. The van der Waals surface area contributed by atoms with Crippen molar-refractivity contribution in [2.24, 2.45) is 0 Å². The van der Waals surface area contributed by atoms with Crippen LogP contribution in [0.2, 0.25) is 0 Å². The topological polar surface area (TPSA) is 101 Å². The molecule has 0 bridgehead atoms. The van der Waals surface area contributed by atoms with Crippen molar-refractivity contribution in [1.29, 1.82) is 0 Å². The Balaban J connectivity index is 1.46. The summed E-state index contributed by atoms with van der Waals surface area (Å²) in [5.41, 5.74) is 0.805. The van der Waals surface area contributed by atoms with Gasteiger partial charge >= 0.3 is 6.03 Å². The molecular weight excluding hydrogens is 324 g/mol. The zero-order chi connectivity index (χ0) is 17.8. The molecule has 136 valence electrons. The SMILES string of the molecule is CCc1noc([C@@H](C)N2CCN(C(=O)NCc3cc(C)no3)CC2)n1. The summed E-state index contributed by atoms with van der Waals surface area (Å²) in [6.45, 7) is 9.08. The van der Waals surface area contributed by atoms with Crippen LogP contribution in [0.3, 0.4) is 0 Å². The van der Waals surface area contributed by atoms with Crippen molar-refractivity contribution in [3.63, 3.8) is 0 Å². The molecule has 1 aliphatic rings. The summed E-state index contributed by atoms with van der Waals surface area (Å²) in [7, 11) is 0. The molecule has 9 nitrogen and oxygen atoms in total. The van der Waals surface area contributed by atoms with E-state index in [1.807, 2.05) is 19.9 Å². The van der Waals surface area contributed by atoms with Crippen LogP contribution in [0.5, 0.6) is 0 Å². The Morgan fingerprint density at radius 1 is 1.28 bits per heavy atom.